The Balaban J connectivity index is 1.66. The van der Waals surface area contributed by atoms with E-state index < -0.39 is 0 Å². The van der Waals surface area contributed by atoms with E-state index in [1.807, 2.05) is 12.3 Å². The Labute approximate surface area is 156 Å². The molecule has 1 heteroatoms. The number of nitrogens with zero attached hydrogens (tertiary/aromatic N) is 1. The first-order valence-corrected chi connectivity index (χ1v) is 9.22. The number of aliphatic imine (C=N–C) groups is 1. The van der Waals surface area contributed by atoms with Crippen LogP contribution in [-0.2, 0) is 12.8 Å². The molecular weight excluding hydrogens is 314 g/mol. The average Bonchev–Trinajstić information content (AvgIpc) is 2.72. The van der Waals surface area contributed by atoms with E-state index in [0.717, 1.165) is 30.5 Å². The highest BCUT2D eigenvalue weighted by molar-refractivity contribution is 5.82. The van der Waals surface area contributed by atoms with Gasteiger partial charge in [0.15, 0.2) is 0 Å². The highest BCUT2D eigenvalue weighted by atomic mass is 14.7. The fraction of sp³-hybridized carbons (Fsp3) is 0.160. The second kappa shape index (κ2) is 8.96. The van der Waals surface area contributed by atoms with Gasteiger partial charge in [-0.25, -0.2) is 0 Å². The lowest BCUT2D eigenvalue weighted by Gasteiger charge is -2.04. The number of benzene rings is 3. The summed E-state index contributed by atoms with van der Waals surface area (Å²) in [6, 6.07) is 25.7. The Morgan fingerprint density at radius 3 is 1.92 bits per heavy atom. The van der Waals surface area contributed by atoms with Crippen LogP contribution in [0.15, 0.2) is 90.4 Å². The number of hydrogen-bond acceptors (Lipinski definition) is 1. The maximum Gasteiger partial charge on any atom is 0.0630 e. The molecule has 0 aliphatic rings. The molecule has 0 radical (unpaired) electrons. The van der Waals surface area contributed by atoms with Gasteiger partial charge in [-0.1, -0.05) is 73.7 Å². The van der Waals surface area contributed by atoms with E-state index in [1.165, 1.54) is 22.3 Å². The summed E-state index contributed by atoms with van der Waals surface area (Å²) in [7, 11) is 0. The molecule has 0 aliphatic heterocycles. The largest absolute Gasteiger partial charge is 0.256 e. The first-order valence-electron chi connectivity index (χ1n) is 9.22. The molecule has 3 aromatic carbocycles. The van der Waals surface area contributed by atoms with Gasteiger partial charge < -0.3 is 0 Å². The summed E-state index contributed by atoms with van der Waals surface area (Å²) in [4.78, 5) is 4.59. The van der Waals surface area contributed by atoms with Crippen molar-refractivity contribution in [3.8, 4) is 11.1 Å². The Hall–Kier alpha value is -2.93. The van der Waals surface area contributed by atoms with E-state index in [9.17, 15) is 0 Å². The van der Waals surface area contributed by atoms with Crippen molar-refractivity contribution in [2.45, 2.75) is 26.2 Å². The minimum atomic E-state index is 0.967. The molecular formula is C25H25N. The highest BCUT2D eigenvalue weighted by Crippen LogP contribution is 2.23. The Morgan fingerprint density at radius 2 is 1.35 bits per heavy atom. The number of rotatable bonds is 7. The third-order valence-electron chi connectivity index (χ3n) is 4.54. The molecule has 0 aliphatic carbocycles. The van der Waals surface area contributed by atoms with Crippen molar-refractivity contribution >= 4 is 11.9 Å². The van der Waals surface area contributed by atoms with Crippen molar-refractivity contribution in [2.24, 2.45) is 4.99 Å². The van der Waals surface area contributed by atoms with Crippen LogP contribution in [0.1, 0.15) is 30.0 Å². The second-order valence-corrected chi connectivity index (χ2v) is 6.42. The van der Waals surface area contributed by atoms with Crippen LogP contribution >= 0.6 is 0 Å². The van der Waals surface area contributed by atoms with Gasteiger partial charge in [0.1, 0.15) is 0 Å². The fourth-order valence-corrected chi connectivity index (χ4v) is 2.86. The lowest BCUT2D eigenvalue weighted by Crippen LogP contribution is -1.85. The molecule has 0 spiro atoms. The molecule has 0 amide bonds. The van der Waals surface area contributed by atoms with Gasteiger partial charge in [-0.2, -0.15) is 0 Å². The molecule has 0 saturated carbocycles. The first-order chi connectivity index (χ1) is 12.8. The monoisotopic (exact) mass is 339 g/mol. The lowest BCUT2D eigenvalue weighted by atomic mass is 10.0. The van der Waals surface area contributed by atoms with Crippen molar-refractivity contribution in [1.82, 2.24) is 0 Å². The molecule has 1 nitrogen and oxygen atoms in total. The van der Waals surface area contributed by atoms with Crippen LogP contribution in [0.4, 0.5) is 5.69 Å². The minimum absolute atomic E-state index is 0.967. The second-order valence-electron chi connectivity index (χ2n) is 6.42. The van der Waals surface area contributed by atoms with Gasteiger partial charge in [0, 0.05) is 6.21 Å². The third kappa shape index (κ3) is 4.80. The minimum Gasteiger partial charge on any atom is -0.256 e. The molecule has 0 unspecified atom stereocenters. The van der Waals surface area contributed by atoms with E-state index in [-0.39, 0.29) is 0 Å². The van der Waals surface area contributed by atoms with Crippen molar-refractivity contribution in [1.29, 1.82) is 0 Å². The molecule has 0 bridgehead atoms. The maximum absolute atomic E-state index is 4.59. The standard InChI is InChI=1S/C25H25N/c1-3-5-6-21-7-9-22(10-8-21)19-26-25-17-15-24(16-18-25)23-13-11-20(4-2)12-14-23/h3,7-19H,1,4-6H2,2H3. The molecule has 0 saturated heterocycles. The van der Waals surface area contributed by atoms with Gasteiger partial charge in [0.2, 0.25) is 0 Å². The third-order valence-corrected chi connectivity index (χ3v) is 4.54. The molecule has 0 aromatic heterocycles. The molecule has 3 rings (SSSR count). The number of allylic oxidation sites excluding steroid dienone is 1. The summed E-state index contributed by atoms with van der Waals surface area (Å²) >= 11 is 0. The Kier molecular flexibility index (Phi) is 6.16. The van der Waals surface area contributed by atoms with Crippen molar-refractivity contribution in [3.05, 3.63) is 102 Å². The molecule has 0 fully saturated rings. The van der Waals surface area contributed by atoms with Crippen LogP contribution in [0.2, 0.25) is 0 Å². The molecule has 130 valence electrons. The van der Waals surface area contributed by atoms with Gasteiger partial charge in [-0.05, 0) is 59.2 Å². The van der Waals surface area contributed by atoms with Crippen LogP contribution in [0, 0.1) is 0 Å². The quantitative estimate of drug-likeness (QED) is 0.332. The Morgan fingerprint density at radius 1 is 0.769 bits per heavy atom. The maximum atomic E-state index is 4.59. The van der Waals surface area contributed by atoms with E-state index in [2.05, 4.69) is 91.3 Å². The summed E-state index contributed by atoms with van der Waals surface area (Å²) < 4.78 is 0. The van der Waals surface area contributed by atoms with Crippen LogP contribution < -0.4 is 0 Å². The van der Waals surface area contributed by atoms with E-state index in [0.29, 0.717) is 0 Å². The summed E-state index contributed by atoms with van der Waals surface area (Å²) in [6.45, 7) is 5.95. The Bertz CT molecular complexity index is 854. The molecule has 0 heterocycles. The molecule has 0 N–H and O–H groups in total. The zero-order valence-corrected chi connectivity index (χ0v) is 15.4. The van der Waals surface area contributed by atoms with E-state index in [4.69, 9.17) is 0 Å². The summed E-state index contributed by atoms with van der Waals surface area (Å²) in [5.41, 5.74) is 7.25. The molecule has 26 heavy (non-hydrogen) atoms. The predicted octanol–water partition coefficient (Wildman–Crippen LogP) is 6.79. The van der Waals surface area contributed by atoms with Crippen LogP contribution in [-0.4, -0.2) is 6.21 Å². The van der Waals surface area contributed by atoms with E-state index >= 15 is 0 Å². The smallest absolute Gasteiger partial charge is 0.0630 e. The predicted molar refractivity (Wildman–Crippen MR) is 113 cm³/mol. The van der Waals surface area contributed by atoms with Crippen LogP contribution in [0.25, 0.3) is 11.1 Å². The summed E-state index contributed by atoms with van der Waals surface area (Å²) in [6.07, 6.45) is 7.01. The van der Waals surface area contributed by atoms with Gasteiger partial charge in [-0.15, -0.1) is 6.58 Å². The van der Waals surface area contributed by atoms with Gasteiger partial charge in [0.05, 0.1) is 5.69 Å². The van der Waals surface area contributed by atoms with Crippen LogP contribution in [0.5, 0.6) is 0 Å². The van der Waals surface area contributed by atoms with E-state index in [1.54, 1.807) is 0 Å². The summed E-state index contributed by atoms with van der Waals surface area (Å²) in [5, 5.41) is 0. The first kappa shape index (κ1) is 17.9. The summed E-state index contributed by atoms with van der Waals surface area (Å²) in [5.74, 6) is 0. The van der Waals surface area contributed by atoms with Crippen molar-refractivity contribution < 1.29 is 0 Å². The highest BCUT2D eigenvalue weighted by Gasteiger charge is 1.98. The lowest BCUT2D eigenvalue weighted by molar-refractivity contribution is 1.00. The van der Waals surface area contributed by atoms with Gasteiger partial charge >= 0.3 is 0 Å². The average molecular weight is 339 g/mol. The number of hydrogen-bond donors (Lipinski definition) is 0. The van der Waals surface area contributed by atoms with Gasteiger partial charge in [0.25, 0.3) is 0 Å². The topological polar surface area (TPSA) is 12.4 Å². The zero-order chi connectivity index (χ0) is 18.2. The SMILES string of the molecule is C=CCCc1ccc(C=Nc2ccc(-c3ccc(CC)cc3)cc2)cc1. The molecule has 3 aromatic rings. The van der Waals surface area contributed by atoms with Crippen molar-refractivity contribution in [3.63, 3.8) is 0 Å². The van der Waals surface area contributed by atoms with Gasteiger partial charge in [-0.3, -0.25) is 4.99 Å². The number of aryl methyl sites for hydroxylation is 2. The fourth-order valence-electron chi connectivity index (χ4n) is 2.86. The van der Waals surface area contributed by atoms with Crippen molar-refractivity contribution in [2.75, 3.05) is 0 Å². The zero-order valence-electron chi connectivity index (χ0n) is 15.4. The molecule has 0 atom stereocenters. The van der Waals surface area contributed by atoms with Crippen LogP contribution in [0.3, 0.4) is 0 Å². The normalized spacial score (nSPS) is 11.0.